The number of nitrogens with zero attached hydrogens (tertiary/aromatic N) is 3. The van der Waals surface area contributed by atoms with Gasteiger partial charge in [-0.05, 0) is 72.8 Å². The summed E-state index contributed by atoms with van der Waals surface area (Å²) in [5.41, 5.74) is 6.27. The van der Waals surface area contributed by atoms with Crippen molar-refractivity contribution in [3.63, 3.8) is 0 Å². The van der Waals surface area contributed by atoms with Gasteiger partial charge < -0.3 is 19.2 Å². The molecule has 10 heteroatoms. The van der Waals surface area contributed by atoms with Crippen LogP contribution in [0.25, 0.3) is 46.4 Å². The average Bonchev–Trinajstić information content (AvgIpc) is 3.48. The molecule has 5 heterocycles. The fourth-order valence-electron chi connectivity index (χ4n) is 3.79. The monoisotopic (exact) mass is 470 g/mol. The minimum absolute atomic E-state index is 0. The van der Waals surface area contributed by atoms with E-state index >= 15 is 0 Å². The van der Waals surface area contributed by atoms with E-state index in [1.54, 1.807) is 4.57 Å². The first-order valence-corrected chi connectivity index (χ1v) is 11.6. The molecule has 0 saturated heterocycles. The SMILES string of the molecule is O=S(=O)([O-])CC(O)Cn1c2ccc1cc1nc(cc3ccc(cc4nc(c2)C=C4)[nH]3)C=C1.[Na+]. The predicted octanol–water partition coefficient (Wildman–Crippen LogP) is 0.0391. The Morgan fingerprint density at radius 3 is 1.76 bits per heavy atom. The molecule has 3 aromatic heterocycles. The van der Waals surface area contributed by atoms with Crippen molar-refractivity contribution in [2.45, 2.75) is 12.6 Å². The maximum absolute atomic E-state index is 11.1. The van der Waals surface area contributed by atoms with Gasteiger partial charge in [-0.3, -0.25) is 0 Å². The number of aromatic amines is 1. The Morgan fingerprint density at radius 2 is 1.30 bits per heavy atom. The van der Waals surface area contributed by atoms with Crippen LogP contribution in [0.2, 0.25) is 0 Å². The van der Waals surface area contributed by atoms with E-state index in [1.807, 2.05) is 72.8 Å². The van der Waals surface area contributed by atoms with E-state index in [0.29, 0.717) is 11.4 Å². The molecule has 1 unspecified atom stereocenters. The molecule has 0 spiro atoms. The molecule has 2 aliphatic heterocycles. The molecule has 0 aromatic carbocycles. The maximum Gasteiger partial charge on any atom is 1.00 e. The summed E-state index contributed by atoms with van der Waals surface area (Å²) in [4.78, 5) is 12.5. The summed E-state index contributed by atoms with van der Waals surface area (Å²) in [7, 11) is -4.55. The minimum Gasteiger partial charge on any atom is -0.748 e. The fourth-order valence-corrected chi connectivity index (χ4v) is 4.37. The largest absolute Gasteiger partial charge is 1.00 e. The van der Waals surface area contributed by atoms with Gasteiger partial charge in [-0.15, -0.1) is 0 Å². The molecule has 0 saturated carbocycles. The molecular formula is C23H19N4NaO4S. The molecule has 5 rings (SSSR count). The average molecular weight is 470 g/mol. The van der Waals surface area contributed by atoms with Gasteiger partial charge in [0.25, 0.3) is 0 Å². The number of rotatable bonds is 4. The van der Waals surface area contributed by atoms with Crippen molar-refractivity contribution >= 4 is 56.5 Å². The van der Waals surface area contributed by atoms with Crippen LogP contribution in [-0.2, 0) is 16.7 Å². The van der Waals surface area contributed by atoms with Crippen LogP contribution in [-0.4, -0.2) is 49.5 Å². The maximum atomic E-state index is 11.1. The van der Waals surface area contributed by atoms with E-state index in [2.05, 4.69) is 15.0 Å². The Bertz CT molecular complexity index is 1450. The Kier molecular flexibility index (Phi) is 6.71. The summed E-state index contributed by atoms with van der Waals surface area (Å²) in [6.45, 7) is -0.0603. The van der Waals surface area contributed by atoms with Gasteiger partial charge in [-0.25, -0.2) is 18.4 Å². The Balaban J connectivity index is 0.00000259. The summed E-state index contributed by atoms with van der Waals surface area (Å²) in [5.74, 6) is -0.858. The Morgan fingerprint density at radius 1 is 0.848 bits per heavy atom. The Labute approximate surface area is 212 Å². The van der Waals surface area contributed by atoms with Gasteiger partial charge in [0, 0.05) is 22.1 Å². The van der Waals surface area contributed by atoms with Crippen LogP contribution in [0.3, 0.4) is 0 Å². The molecule has 0 radical (unpaired) electrons. The molecule has 0 aliphatic carbocycles. The summed E-state index contributed by atoms with van der Waals surface area (Å²) < 4.78 is 35.1. The molecular weight excluding hydrogens is 451 g/mol. The Hall–Kier alpha value is -2.53. The van der Waals surface area contributed by atoms with E-state index in [0.717, 1.165) is 33.5 Å². The van der Waals surface area contributed by atoms with Crippen molar-refractivity contribution in [2.24, 2.45) is 0 Å². The molecule has 2 aliphatic rings. The van der Waals surface area contributed by atoms with Crippen molar-refractivity contribution in [3.05, 3.63) is 71.3 Å². The second kappa shape index (κ2) is 9.38. The van der Waals surface area contributed by atoms with Crippen molar-refractivity contribution < 1.29 is 47.6 Å². The smallest absolute Gasteiger partial charge is 0.748 e. The second-order valence-corrected chi connectivity index (χ2v) is 9.16. The quantitative estimate of drug-likeness (QED) is 0.282. The molecule has 33 heavy (non-hydrogen) atoms. The first-order valence-electron chi connectivity index (χ1n) is 9.97. The molecule has 2 N–H and O–H groups in total. The number of aromatic nitrogens is 4. The van der Waals surface area contributed by atoms with Crippen molar-refractivity contribution in [1.82, 2.24) is 19.5 Å². The van der Waals surface area contributed by atoms with Gasteiger partial charge in [0.2, 0.25) is 0 Å². The van der Waals surface area contributed by atoms with Gasteiger partial charge in [-0.1, -0.05) is 0 Å². The van der Waals surface area contributed by atoms with Crippen LogP contribution in [0, 0.1) is 0 Å². The summed E-state index contributed by atoms with van der Waals surface area (Å²) in [6.07, 6.45) is 6.21. The predicted molar refractivity (Wildman–Crippen MR) is 123 cm³/mol. The number of H-pyrrole nitrogens is 1. The van der Waals surface area contributed by atoms with Gasteiger partial charge >= 0.3 is 29.6 Å². The van der Waals surface area contributed by atoms with Crippen LogP contribution >= 0.6 is 0 Å². The number of aliphatic hydroxyl groups is 1. The number of nitrogens with one attached hydrogen (secondary N) is 1. The van der Waals surface area contributed by atoms with Gasteiger partial charge in [0.15, 0.2) is 0 Å². The van der Waals surface area contributed by atoms with Crippen molar-refractivity contribution in [3.8, 4) is 0 Å². The van der Waals surface area contributed by atoms with E-state index in [4.69, 9.17) is 0 Å². The molecule has 3 aromatic rings. The zero-order valence-electron chi connectivity index (χ0n) is 17.8. The van der Waals surface area contributed by atoms with E-state index in [-0.39, 0.29) is 36.1 Å². The number of fused-ring (bicyclic) bond motifs is 8. The van der Waals surface area contributed by atoms with Crippen molar-refractivity contribution in [1.29, 1.82) is 0 Å². The summed E-state index contributed by atoms with van der Waals surface area (Å²) in [6, 6.07) is 15.2. The van der Waals surface area contributed by atoms with Crippen LogP contribution in [0.5, 0.6) is 0 Å². The summed E-state index contributed by atoms with van der Waals surface area (Å²) in [5, 5.41) is 10.2. The molecule has 8 bridgehead atoms. The number of hydrogen-bond donors (Lipinski definition) is 2. The van der Waals surface area contributed by atoms with Gasteiger partial charge in [0.05, 0.1) is 51.3 Å². The van der Waals surface area contributed by atoms with E-state index in [1.165, 1.54) is 0 Å². The van der Waals surface area contributed by atoms with Crippen LogP contribution < -0.4 is 29.6 Å². The van der Waals surface area contributed by atoms with Crippen LogP contribution in [0.1, 0.15) is 22.8 Å². The normalized spacial score (nSPS) is 13.6. The first-order chi connectivity index (χ1) is 15.3. The third-order valence-electron chi connectivity index (χ3n) is 5.13. The third-order valence-corrected chi connectivity index (χ3v) is 5.93. The molecule has 162 valence electrons. The van der Waals surface area contributed by atoms with Crippen molar-refractivity contribution in [2.75, 3.05) is 5.75 Å². The van der Waals surface area contributed by atoms with Gasteiger partial charge in [-0.2, -0.15) is 0 Å². The standard InChI is InChI=1S/C23H20N4O4S.Na/c28-23(14-32(29,30)31)13-27-21-7-8-22(27)12-20-6-4-18(26-20)10-16-2-1-15(24-16)9-17-3-5-19(11-21)25-17;/h1-12,23-24,28H,13-14H2,(H,29,30,31);/q;+1/p-1. The topological polar surface area (TPSA) is 124 Å². The van der Waals surface area contributed by atoms with E-state index in [9.17, 15) is 18.1 Å². The van der Waals surface area contributed by atoms with Gasteiger partial charge in [0.1, 0.15) is 0 Å². The number of aliphatic hydroxyl groups excluding tert-OH is 1. The van der Waals surface area contributed by atoms with E-state index < -0.39 is 22.0 Å². The first kappa shape index (κ1) is 23.6. The second-order valence-electron chi connectivity index (χ2n) is 7.71. The molecule has 0 fully saturated rings. The molecule has 8 nitrogen and oxygen atoms in total. The molecule has 0 amide bonds. The summed E-state index contributed by atoms with van der Waals surface area (Å²) >= 11 is 0. The minimum atomic E-state index is -4.55. The van der Waals surface area contributed by atoms with Crippen LogP contribution in [0.4, 0.5) is 0 Å². The zero-order chi connectivity index (χ0) is 22.3. The van der Waals surface area contributed by atoms with Crippen LogP contribution in [0.15, 0.2) is 48.5 Å². The zero-order valence-corrected chi connectivity index (χ0v) is 20.7. The number of hydrogen-bond acceptors (Lipinski definition) is 6. The third kappa shape index (κ3) is 5.70. The molecule has 1 atom stereocenters. The fraction of sp³-hybridized carbons (Fsp3) is 0.130.